The van der Waals surface area contributed by atoms with Crippen molar-refractivity contribution < 1.29 is 4.79 Å². The molecule has 0 spiro atoms. The summed E-state index contributed by atoms with van der Waals surface area (Å²) < 4.78 is 2.14. The second kappa shape index (κ2) is 6.57. The van der Waals surface area contributed by atoms with E-state index in [1.165, 1.54) is 18.4 Å². The van der Waals surface area contributed by atoms with Crippen LogP contribution in [0.5, 0.6) is 0 Å². The number of nitrogens with one attached hydrogen (secondary N) is 1. The van der Waals surface area contributed by atoms with E-state index in [0.717, 1.165) is 37.4 Å². The normalized spacial score (nSPS) is 13.7. The van der Waals surface area contributed by atoms with Crippen molar-refractivity contribution in [3.63, 3.8) is 0 Å². The zero-order valence-corrected chi connectivity index (χ0v) is 12.2. The van der Waals surface area contributed by atoms with Crippen molar-refractivity contribution in [1.82, 2.24) is 9.55 Å². The number of nitrogens with zero attached hydrogens (tertiary/aromatic N) is 2. The number of anilines is 1. The molecule has 0 saturated heterocycles. The van der Waals surface area contributed by atoms with Gasteiger partial charge in [0.1, 0.15) is 11.6 Å². The number of aromatic nitrogens is 2. The maximum Gasteiger partial charge on any atom is 0.225 e. The van der Waals surface area contributed by atoms with Crippen LogP contribution in [0, 0.1) is 0 Å². The van der Waals surface area contributed by atoms with Crippen LogP contribution < -0.4 is 5.32 Å². The molecule has 1 N–H and O–H groups in total. The van der Waals surface area contributed by atoms with E-state index in [0.29, 0.717) is 6.42 Å². The predicted molar refractivity (Wildman–Crippen MR) is 83.2 cm³/mol. The average Bonchev–Trinajstić information content (AvgIpc) is 2.92. The molecular formula is C17H21N3O. The Morgan fingerprint density at radius 2 is 2.10 bits per heavy atom. The van der Waals surface area contributed by atoms with Gasteiger partial charge in [0.15, 0.2) is 0 Å². The van der Waals surface area contributed by atoms with Gasteiger partial charge in [0.25, 0.3) is 0 Å². The second-order valence-electron chi connectivity index (χ2n) is 5.56. The Hall–Kier alpha value is -2.10. The summed E-state index contributed by atoms with van der Waals surface area (Å²) in [6.07, 6.45) is 7.53. The number of rotatable bonds is 5. The Morgan fingerprint density at radius 1 is 1.24 bits per heavy atom. The summed E-state index contributed by atoms with van der Waals surface area (Å²) in [7, 11) is 0. The molecular weight excluding hydrogens is 262 g/mol. The molecule has 2 aromatic rings. The molecule has 4 nitrogen and oxygen atoms in total. The number of carbonyl (C=O) groups excluding carboxylic acids is 1. The predicted octanol–water partition coefficient (Wildman–Crippen LogP) is 3.18. The number of carbonyl (C=O) groups is 1. The molecule has 0 bridgehead atoms. The minimum Gasteiger partial charge on any atom is -0.315 e. The standard InChI is InChI=1S/C17H21N3O/c21-17(11-6-9-14-7-2-1-3-8-14)19-16-13-18-15-10-4-5-12-20(15)16/h1-3,7-8,13H,4-6,9-12H2,(H,19,21). The zero-order chi connectivity index (χ0) is 14.5. The van der Waals surface area contributed by atoms with E-state index in [4.69, 9.17) is 0 Å². The number of hydrogen-bond acceptors (Lipinski definition) is 2. The van der Waals surface area contributed by atoms with E-state index in [-0.39, 0.29) is 5.91 Å². The second-order valence-corrected chi connectivity index (χ2v) is 5.56. The number of benzene rings is 1. The summed E-state index contributed by atoms with van der Waals surface area (Å²) in [6.45, 7) is 0.967. The van der Waals surface area contributed by atoms with Crippen molar-refractivity contribution in [2.45, 2.75) is 45.1 Å². The largest absolute Gasteiger partial charge is 0.315 e. The van der Waals surface area contributed by atoms with Crippen molar-refractivity contribution in [2.24, 2.45) is 0 Å². The molecule has 21 heavy (non-hydrogen) atoms. The quantitative estimate of drug-likeness (QED) is 0.916. The number of amides is 1. The molecule has 0 fully saturated rings. The van der Waals surface area contributed by atoms with Gasteiger partial charge in [-0.05, 0) is 31.2 Å². The molecule has 1 amide bonds. The maximum absolute atomic E-state index is 12.0. The van der Waals surface area contributed by atoms with Crippen LogP contribution in [0.3, 0.4) is 0 Å². The Balaban J connectivity index is 1.49. The summed E-state index contributed by atoms with van der Waals surface area (Å²) >= 11 is 0. The van der Waals surface area contributed by atoms with Crippen LogP contribution in [0.25, 0.3) is 0 Å². The lowest BCUT2D eigenvalue weighted by molar-refractivity contribution is -0.116. The minimum atomic E-state index is 0.0826. The Morgan fingerprint density at radius 3 is 2.95 bits per heavy atom. The van der Waals surface area contributed by atoms with Gasteiger partial charge in [-0.25, -0.2) is 4.98 Å². The van der Waals surface area contributed by atoms with E-state index in [1.807, 2.05) is 18.2 Å². The van der Waals surface area contributed by atoms with Gasteiger partial charge in [-0.1, -0.05) is 30.3 Å². The molecule has 0 unspecified atom stereocenters. The third-order valence-corrected chi connectivity index (χ3v) is 3.95. The molecule has 0 saturated carbocycles. The maximum atomic E-state index is 12.0. The van der Waals surface area contributed by atoms with Crippen LogP contribution in [-0.4, -0.2) is 15.5 Å². The first kappa shape index (κ1) is 13.9. The summed E-state index contributed by atoms with van der Waals surface area (Å²) in [4.78, 5) is 16.4. The fourth-order valence-electron chi connectivity index (χ4n) is 2.82. The Labute approximate surface area is 125 Å². The lowest BCUT2D eigenvalue weighted by Crippen LogP contribution is -2.18. The topological polar surface area (TPSA) is 46.9 Å². The SMILES string of the molecule is O=C(CCCc1ccccc1)Nc1cnc2n1CCCC2. The highest BCUT2D eigenvalue weighted by molar-refractivity contribution is 5.89. The van der Waals surface area contributed by atoms with Gasteiger partial charge in [-0.15, -0.1) is 0 Å². The van der Waals surface area contributed by atoms with E-state index >= 15 is 0 Å². The first-order valence-corrected chi connectivity index (χ1v) is 7.71. The van der Waals surface area contributed by atoms with Crippen LogP contribution >= 0.6 is 0 Å². The summed E-state index contributed by atoms with van der Waals surface area (Å²) in [6, 6.07) is 10.3. The summed E-state index contributed by atoms with van der Waals surface area (Å²) in [5.74, 6) is 2.04. The van der Waals surface area contributed by atoms with Crippen LogP contribution in [0.2, 0.25) is 0 Å². The fraction of sp³-hybridized carbons (Fsp3) is 0.412. The highest BCUT2D eigenvalue weighted by Gasteiger charge is 2.15. The molecule has 1 aromatic heterocycles. The molecule has 110 valence electrons. The highest BCUT2D eigenvalue weighted by atomic mass is 16.1. The van der Waals surface area contributed by atoms with E-state index < -0.39 is 0 Å². The average molecular weight is 283 g/mol. The van der Waals surface area contributed by atoms with Crippen molar-refractivity contribution in [1.29, 1.82) is 0 Å². The smallest absolute Gasteiger partial charge is 0.225 e. The molecule has 1 aliphatic rings. The van der Waals surface area contributed by atoms with Crippen LogP contribution in [0.1, 0.15) is 37.1 Å². The summed E-state index contributed by atoms with van der Waals surface area (Å²) in [5.41, 5.74) is 1.28. The molecule has 0 radical (unpaired) electrons. The number of imidazole rings is 1. The third kappa shape index (κ3) is 3.51. The van der Waals surface area contributed by atoms with Crippen LogP contribution in [-0.2, 0) is 24.2 Å². The number of fused-ring (bicyclic) bond motifs is 1. The summed E-state index contributed by atoms with van der Waals surface area (Å²) in [5, 5.41) is 3.00. The molecule has 2 heterocycles. The van der Waals surface area contributed by atoms with Gasteiger partial charge in [-0.2, -0.15) is 0 Å². The highest BCUT2D eigenvalue weighted by Crippen LogP contribution is 2.19. The van der Waals surface area contributed by atoms with Crippen molar-refractivity contribution in [3.8, 4) is 0 Å². The van der Waals surface area contributed by atoms with Gasteiger partial charge >= 0.3 is 0 Å². The van der Waals surface area contributed by atoms with Crippen LogP contribution in [0.4, 0.5) is 5.82 Å². The van der Waals surface area contributed by atoms with E-state index in [9.17, 15) is 4.79 Å². The zero-order valence-electron chi connectivity index (χ0n) is 12.2. The van der Waals surface area contributed by atoms with Crippen LogP contribution in [0.15, 0.2) is 36.5 Å². The Bertz CT molecular complexity index is 604. The van der Waals surface area contributed by atoms with Gasteiger partial charge in [0.05, 0.1) is 6.20 Å². The van der Waals surface area contributed by atoms with Gasteiger partial charge in [-0.3, -0.25) is 4.79 Å². The van der Waals surface area contributed by atoms with Gasteiger partial charge in [0.2, 0.25) is 5.91 Å². The first-order valence-electron chi connectivity index (χ1n) is 7.71. The Kier molecular flexibility index (Phi) is 4.34. The van der Waals surface area contributed by atoms with Crippen molar-refractivity contribution >= 4 is 11.7 Å². The minimum absolute atomic E-state index is 0.0826. The van der Waals surface area contributed by atoms with Gasteiger partial charge in [0, 0.05) is 19.4 Å². The van der Waals surface area contributed by atoms with E-state index in [2.05, 4.69) is 27.0 Å². The molecule has 1 aromatic carbocycles. The lowest BCUT2D eigenvalue weighted by atomic mass is 10.1. The molecule has 4 heteroatoms. The van der Waals surface area contributed by atoms with E-state index in [1.54, 1.807) is 6.20 Å². The molecule has 3 rings (SSSR count). The number of hydrogen-bond donors (Lipinski definition) is 1. The van der Waals surface area contributed by atoms with Crippen molar-refractivity contribution in [2.75, 3.05) is 5.32 Å². The molecule has 0 aliphatic carbocycles. The van der Waals surface area contributed by atoms with Crippen molar-refractivity contribution in [3.05, 3.63) is 47.9 Å². The first-order chi connectivity index (χ1) is 10.3. The molecule has 0 atom stereocenters. The number of aryl methyl sites for hydroxylation is 2. The lowest BCUT2D eigenvalue weighted by Gasteiger charge is -2.16. The third-order valence-electron chi connectivity index (χ3n) is 3.95. The fourth-order valence-corrected chi connectivity index (χ4v) is 2.82. The molecule has 1 aliphatic heterocycles. The van der Waals surface area contributed by atoms with Gasteiger partial charge < -0.3 is 9.88 Å². The monoisotopic (exact) mass is 283 g/mol.